The summed E-state index contributed by atoms with van der Waals surface area (Å²) in [6.45, 7) is 4.48. The van der Waals surface area contributed by atoms with E-state index in [4.69, 9.17) is 4.74 Å². The summed E-state index contributed by atoms with van der Waals surface area (Å²) in [4.78, 5) is 12.2. The number of nitrogens with zero attached hydrogens (tertiary/aromatic N) is 1. The van der Waals surface area contributed by atoms with Crippen molar-refractivity contribution >= 4 is 23.9 Å². The molecule has 1 N–H and O–H groups in total. The van der Waals surface area contributed by atoms with Crippen LogP contribution in [0.15, 0.2) is 84.0 Å². The predicted molar refractivity (Wildman–Crippen MR) is 125 cm³/mol. The Balaban J connectivity index is 1.41. The second kappa shape index (κ2) is 11.2. The van der Waals surface area contributed by atoms with E-state index in [0.29, 0.717) is 6.61 Å². The summed E-state index contributed by atoms with van der Waals surface area (Å²) in [7, 11) is 0. The average Bonchev–Trinajstić information content (AvgIpc) is 2.78. The van der Waals surface area contributed by atoms with Gasteiger partial charge in [-0.05, 0) is 54.8 Å². The second-order valence-corrected chi connectivity index (χ2v) is 8.35. The van der Waals surface area contributed by atoms with Gasteiger partial charge in [0.15, 0.2) is 0 Å². The molecule has 0 heterocycles. The van der Waals surface area contributed by atoms with Gasteiger partial charge in [0.2, 0.25) is 0 Å². The third-order valence-electron chi connectivity index (χ3n) is 4.51. The average molecular weight is 419 g/mol. The number of ether oxygens (including phenoxy) is 1. The zero-order chi connectivity index (χ0) is 21.2. The van der Waals surface area contributed by atoms with Crippen molar-refractivity contribution in [2.45, 2.75) is 31.5 Å². The molecule has 0 aliphatic heterocycles. The van der Waals surface area contributed by atoms with Gasteiger partial charge in [-0.25, -0.2) is 5.43 Å². The first-order chi connectivity index (χ1) is 14.6. The van der Waals surface area contributed by atoms with Gasteiger partial charge in [-0.15, -0.1) is 11.8 Å². The van der Waals surface area contributed by atoms with E-state index in [9.17, 15) is 4.79 Å². The molecule has 0 aromatic heterocycles. The van der Waals surface area contributed by atoms with Gasteiger partial charge in [-0.1, -0.05) is 60.2 Å². The number of carbonyl (C=O) groups is 1. The Kier molecular flexibility index (Phi) is 8.10. The number of aryl methyl sites for hydroxylation is 1. The fourth-order valence-corrected chi connectivity index (χ4v) is 3.47. The van der Waals surface area contributed by atoms with Crippen LogP contribution >= 0.6 is 11.8 Å². The van der Waals surface area contributed by atoms with Gasteiger partial charge in [0, 0.05) is 5.75 Å². The van der Waals surface area contributed by atoms with Gasteiger partial charge >= 0.3 is 0 Å². The Morgan fingerprint density at radius 1 is 1.00 bits per heavy atom. The van der Waals surface area contributed by atoms with Gasteiger partial charge in [0.05, 0.1) is 11.5 Å². The fraction of sp³-hybridized carbons (Fsp3) is 0.200. The minimum Gasteiger partial charge on any atom is -0.489 e. The number of benzene rings is 3. The van der Waals surface area contributed by atoms with E-state index in [1.165, 1.54) is 11.1 Å². The Morgan fingerprint density at radius 2 is 1.70 bits per heavy atom. The number of amides is 1. The maximum absolute atomic E-state index is 12.2. The number of nitrogens with one attached hydrogen (secondary N) is 1. The molecule has 0 saturated carbocycles. The summed E-state index contributed by atoms with van der Waals surface area (Å²) in [6, 6.07) is 26.0. The van der Waals surface area contributed by atoms with Gasteiger partial charge in [0.25, 0.3) is 5.91 Å². The van der Waals surface area contributed by atoms with Crippen molar-refractivity contribution in [3.05, 3.63) is 101 Å². The summed E-state index contributed by atoms with van der Waals surface area (Å²) >= 11 is 1.59. The molecule has 0 fully saturated rings. The normalized spacial score (nSPS) is 11.9. The molecule has 1 amide bonds. The quantitative estimate of drug-likeness (QED) is 0.377. The van der Waals surface area contributed by atoms with Gasteiger partial charge in [0.1, 0.15) is 12.4 Å². The van der Waals surface area contributed by atoms with Crippen LogP contribution < -0.4 is 10.2 Å². The van der Waals surface area contributed by atoms with Crippen molar-refractivity contribution in [2.75, 3.05) is 0 Å². The fourth-order valence-electron chi connectivity index (χ4n) is 2.63. The molecule has 0 aliphatic carbocycles. The second-order valence-electron chi connectivity index (χ2n) is 7.02. The number of hydrazone groups is 1. The molecule has 1 atom stereocenters. The summed E-state index contributed by atoms with van der Waals surface area (Å²) in [5.41, 5.74) is 7.07. The van der Waals surface area contributed by atoms with E-state index < -0.39 is 0 Å². The Bertz CT molecular complexity index is 955. The third kappa shape index (κ3) is 7.08. The van der Waals surface area contributed by atoms with Crippen LogP contribution in [0.1, 0.15) is 29.2 Å². The molecule has 1 unspecified atom stereocenters. The molecule has 3 aromatic rings. The lowest BCUT2D eigenvalue weighted by Crippen LogP contribution is -2.26. The van der Waals surface area contributed by atoms with E-state index in [1.54, 1.807) is 18.0 Å². The van der Waals surface area contributed by atoms with Crippen LogP contribution in [0, 0.1) is 6.92 Å². The van der Waals surface area contributed by atoms with Crippen LogP contribution in [0.5, 0.6) is 5.75 Å². The van der Waals surface area contributed by atoms with Gasteiger partial charge in [-0.3, -0.25) is 4.79 Å². The molecule has 30 heavy (non-hydrogen) atoms. The highest BCUT2D eigenvalue weighted by atomic mass is 32.2. The number of hydrogen-bond acceptors (Lipinski definition) is 4. The van der Waals surface area contributed by atoms with Crippen molar-refractivity contribution in [3.63, 3.8) is 0 Å². The summed E-state index contributed by atoms with van der Waals surface area (Å²) in [6.07, 6.45) is 1.64. The third-order valence-corrected chi connectivity index (χ3v) is 5.72. The van der Waals surface area contributed by atoms with Crippen molar-refractivity contribution in [3.8, 4) is 5.75 Å². The van der Waals surface area contributed by atoms with E-state index in [2.05, 4.69) is 53.8 Å². The molecule has 0 aliphatic rings. The lowest BCUT2D eigenvalue weighted by molar-refractivity contribution is -0.120. The van der Waals surface area contributed by atoms with Crippen LogP contribution in [-0.4, -0.2) is 17.4 Å². The first kappa shape index (κ1) is 21.7. The molecular weight excluding hydrogens is 392 g/mol. The lowest BCUT2D eigenvalue weighted by Gasteiger charge is -2.09. The first-order valence-corrected chi connectivity index (χ1v) is 10.9. The van der Waals surface area contributed by atoms with Gasteiger partial charge < -0.3 is 4.74 Å². The maximum atomic E-state index is 12.2. The molecule has 4 nitrogen and oxygen atoms in total. The molecule has 154 valence electrons. The SMILES string of the molecule is Cc1ccc(COc2ccc(/C=N/NC(=O)C(C)SCc3ccccc3)cc2)cc1. The van der Waals surface area contributed by atoms with Crippen molar-refractivity contribution in [1.82, 2.24) is 5.43 Å². The molecule has 0 bridgehead atoms. The van der Waals surface area contributed by atoms with E-state index in [-0.39, 0.29) is 11.2 Å². The standard InChI is InChI=1S/C25H26N2O2S/c1-19-8-10-22(11-9-19)17-29-24-14-12-21(13-15-24)16-26-27-25(28)20(2)30-18-23-6-4-3-5-7-23/h3-16,20H,17-18H2,1-2H3,(H,27,28)/b26-16+. The zero-order valence-electron chi connectivity index (χ0n) is 17.2. The topological polar surface area (TPSA) is 50.7 Å². The summed E-state index contributed by atoms with van der Waals surface area (Å²) in [5, 5.41) is 3.89. The highest BCUT2D eigenvalue weighted by Gasteiger charge is 2.12. The molecule has 5 heteroatoms. The van der Waals surface area contributed by atoms with Gasteiger partial charge in [-0.2, -0.15) is 5.10 Å². The van der Waals surface area contributed by atoms with Crippen molar-refractivity contribution in [2.24, 2.45) is 5.10 Å². The highest BCUT2D eigenvalue weighted by molar-refractivity contribution is 7.99. The number of carbonyl (C=O) groups excluding carboxylic acids is 1. The number of thioether (sulfide) groups is 1. The minimum atomic E-state index is -0.181. The Labute approximate surface area is 182 Å². The molecule has 0 spiro atoms. The predicted octanol–water partition coefficient (Wildman–Crippen LogP) is 5.35. The zero-order valence-corrected chi connectivity index (χ0v) is 18.1. The largest absolute Gasteiger partial charge is 0.489 e. The van der Waals surface area contributed by atoms with Crippen LogP contribution in [-0.2, 0) is 17.2 Å². The van der Waals surface area contributed by atoms with E-state index in [1.807, 2.05) is 49.4 Å². The summed E-state index contributed by atoms with van der Waals surface area (Å²) in [5.74, 6) is 1.48. The van der Waals surface area contributed by atoms with Crippen LogP contribution in [0.25, 0.3) is 0 Å². The maximum Gasteiger partial charge on any atom is 0.252 e. The van der Waals surface area contributed by atoms with Crippen LogP contribution in [0.4, 0.5) is 0 Å². The van der Waals surface area contributed by atoms with Crippen molar-refractivity contribution < 1.29 is 9.53 Å². The molecule has 0 saturated heterocycles. The molecule has 3 aromatic carbocycles. The smallest absolute Gasteiger partial charge is 0.252 e. The Hall–Kier alpha value is -3.05. The minimum absolute atomic E-state index is 0.106. The summed E-state index contributed by atoms with van der Waals surface area (Å²) < 4.78 is 5.81. The Morgan fingerprint density at radius 3 is 2.40 bits per heavy atom. The first-order valence-electron chi connectivity index (χ1n) is 9.87. The number of rotatable bonds is 9. The lowest BCUT2D eigenvalue weighted by atomic mass is 10.2. The number of hydrogen-bond donors (Lipinski definition) is 1. The molecular formula is C25H26N2O2S. The van der Waals surface area contributed by atoms with E-state index >= 15 is 0 Å². The molecule has 0 radical (unpaired) electrons. The van der Waals surface area contributed by atoms with Crippen LogP contribution in [0.2, 0.25) is 0 Å². The van der Waals surface area contributed by atoms with Crippen molar-refractivity contribution in [1.29, 1.82) is 0 Å². The highest BCUT2D eigenvalue weighted by Crippen LogP contribution is 2.17. The van der Waals surface area contributed by atoms with Crippen LogP contribution in [0.3, 0.4) is 0 Å². The van der Waals surface area contributed by atoms with E-state index in [0.717, 1.165) is 22.6 Å². The molecule has 3 rings (SSSR count). The monoisotopic (exact) mass is 418 g/mol.